The number of benzene rings is 1. The number of rotatable bonds is 9. The minimum absolute atomic E-state index is 0.0228. The standard InChI is InChI=1S/C34H47NO7/c1-30(2,3)31(4,39)23-18-32-13-14-34(23,40-5)29-33(32)15-16-35(19-20-9-10-20)24(32)17-21-11-12-22(28(42-29)27(21)33)41-26(38)8-6-7-25(36)37/h11-12,20,23-24,29,39H,6-10,13-19H2,1-5H3,(H,36,37)/t23-,24-,29?,31+,32-,33+,34?/m1/s1/i15T,16T/t15?,16?,23-,24-,29?,31+,32-,33+,34?. The number of hydrogen-bond donors (Lipinski definition) is 2. The molecule has 5 fully saturated rings. The number of nitrogens with zero attached hydrogens (tertiary/aromatic N) is 1. The Balaban J connectivity index is 1.41. The van der Waals surface area contributed by atoms with Crippen LogP contribution in [-0.4, -0.2) is 70.6 Å². The van der Waals surface area contributed by atoms with Crippen LogP contribution in [0.15, 0.2) is 12.1 Å². The molecule has 230 valence electrons. The molecule has 4 unspecified atom stereocenters. The van der Waals surface area contributed by atoms with Crippen LogP contribution in [0.2, 0.25) is 0 Å². The summed E-state index contributed by atoms with van der Waals surface area (Å²) >= 11 is 0. The van der Waals surface area contributed by atoms with E-state index >= 15 is 0 Å². The van der Waals surface area contributed by atoms with E-state index in [1.165, 1.54) is 12.8 Å². The van der Waals surface area contributed by atoms with Gasteiger partial charge in [0.1, 0.15) is 11.7 Å². The van der Waals surface area contributed by atoms with Crippen LogP contribution in [0.25, 0.3) is 0 Å². The maximum absolute atomic E-state index is 12.9. The molecular weight excluding hydrogens is 534 g/mol. The molecule has 0 amide bonds. The number of carbonyl (C=O) groups excluding carboxylic acids is 1. The molecule has 0 radical (unpaired) electrons. The van der Waals surface area contributed by atoms with Gasteiger partial charge >= 0.3 is 11.9 Å². The third kappa shape index (κ3) is 3.64. The van der Waals surface area contributed by atoms with E-state index in [2.05, 4.69) is 25.7 Å². The number of methoxy groups -OCH3 is 1. The van der Waals surface area contributed by atoms with Gasteiger partial charge in [0.05, 0.1) is 5.60 Å². The van der Waals surface area contributed by atoms with Gasteiger partial charge in [0.15, 0.2) is 11.5 Å². The average Bonchev–Trinajstić information content (AvgIpc) is 3.70. The maximum Gasteiger partial charge on any atom is 0.311 e. The third-order valence-corrected chi connectivity index (χ3v) is 12.4. The molecule has 42 heavy (non-hydrogen) atoms. The van der Waals surface area contributed by atoms with Gasteiger partial charge in [-0.15, -0.1) is 0 Å². The smallest absolute Gasteiger partial charge is 0.311 e. The number of carboxylic acid groups (broad SMARTS) is 1. The van der Waals surface area contributed by atoms with E-state index in [1.807, 2.05) is 13.0 Å². The highest BCUT2D eigenvalue weighted by molar-refractivity contribution is 5.76. The lowest BCUT2D eigenvalue weighted by molar-refractivity contribution is -0.312. The fourth-order valence-electron chi connectivity index (χ4n) is 9.65. The Morgan fingerprint density at radius 3 is 2.62 bits per heavy atom. The Labute approximate surface area is 251 Å². The summed E-state index contributed by atoms with van der Waals surface area (Å²) in [7, 11) is 1.69. The highest BCUT2D eigenvalue weighted by atomic mass is 16.6. The average molecular weight is 586 g/mol. The van der Waals surface area contributed by atoms with Crippen molar-refractivity contribution in [3.63, 3.8) is 0 Å². The zero-order valence-corrected chi connectivity index (χ0v) is 25.6. The van der Waals surface area contributed by atoms with Crippen molar-refractivity contribution in [2.24, 2.45) is 22.7 Å². The van der Waals surface area contributed by atoms with Crippen molar-refractivity contribution in [1.82, 2.24) is 4.90 Å². The van der Waals surface area contributed by atoms with Gasteiger partial charge in [-0.1, -0.05) is 26.8 Å². The predicted octanol–water partition coefficient (Wildman–Crippen LogP) is 4.87. The minimum Gasteiger partial charge on any atom is -0.482 e. The lowest BCUT2D eigenvalue weighted by atomic mass is 9.33. The molecule has 5 aliphatic carbocycles. The summed E-state index contributed by atoms with van der Waals surface area (Å²) in [4.78, 5) is 26.2. The summed E-state index contributed by atoms with van der Waals surface area (Å²) in [6.45, 7) is 8.18. The first kappa shape index (κ1) is 26.3. The Morgan fingerprint density at radius 1 is 1.19 bits per heavy atom. The second-order valence-electron chi connectivity index (χ2n) is 15.2. The topological polar surface area (TPSA) is 106 Å². The van der Waals surface area contributed by atoms with E-state index in [4.69, 9.17) is 19.3 Å². The zero-order valence-electron chi connectivity index (χ0n) is 27.6. The molecule has 2 N–H and O–H groups in total. The largest absolute Gasteiger partial charge is 0.482 e. The fourth-order valence-corrected chi connectivity index (χ4v) is 9.65. The van der Waals surface area contributed by atoms with Gasteiger partial charge in [0.2, 0.25) is 0 Å². The molecule has 9 atom stereocenters. The molecule has 8 heteroatoms. The summed E-state index contributed by atoms with van der Waals surface area (Å²) < 4.78 is 39.0. The van der Waals surface area contributed by atoms with E-state index in [9.17, 15) is 17.4 Å². The van der Waals surface area contributed by atoms with Crippen LogP contribution >= 0.6 is 0 Å². The lowest BCUT2D eigenvalue weighted by Gasteiger charge is -2.75. The third-order valence-electron chi connectivity index (χ3n) is 12.4. The summed E-state index contributed by atoms with van der Waals surface area (Å²) in [6.07, 6.45) is 3.74. The number of carbonyl (C=O) groups is 2. The molecule has 8 nitrogen and oxygen atoms in total. The van der Waals surface area contributed by atoms with E-state index in [0.717, 1.165) is 24.1 Å². The van der Waals surface area contributed by atoms with Gasteiger partial charge in [-0.25, -0.2) is 0 Å². The van der Waals surface area contributed by atoms with Gasteiger partial charge in [-0.2, -0.15) is 0 Å². The highest BCUT2D eigenvalue weighted by Gasteiger charge is 2.82. The molecule has 2 heterocycles. The molecule has 2 spiro atoms. The molecule has 4 bridgehead atoms. The minimum atomic E-state index is -1.12. The number of fused-ring (bicyclic) bond motifs is 2. The van der Waals surface area contributed by atoms with Crippen molar-refractivity contribution < 1.29 is 36.8 Å². The summed E-state index contributed by atoms with van der Waals surface area (Å²) in [5.41, 5.74) is -1.83. The van der Waals surface area contributed by atoms with Crippen LogP contribution in [-0.2, 0) is 26.2 Å². The van der Waals surface area contributed by atoms with E-state index in [-0.39, 0.29) is 37.0 Å². The Kier molecular flexibility index (Phi) is 5.74. The first-order valence-electron chi connectivity index (χ1n) is 16.9. The Morgan fingerprint density at radius 2 is 1.95 bits per heavy atom. The zero-order chi connectivity index (χ0) is 31.6. The second-order valence-corrected chi connectivity index (χ2v) is 15.2. The van der Waals surface area contributed by atoms with Crippen LogP contribution in [0.3, 0.4) is 0 Å². The summed E-state index contributed by atoms with van der Waals surface area (Å²) in [5.74, 6) is -0.474. The molecule has 1 aromatic carbocycles. The van der Waals surface area contributed by atoms with Gasteiger partial charge in [0, 0.05) is 57.6 Å². The second kappa shape index (κ2) is 9.18. The molecule has 1 saturated heterocycles. The normalized spacial score (nSPS) is 41.7. The highest BCUT2D eigenvalue weighted by Crippen LogP contribution is 2.78. The monoisotopic (exact) mass is 585 g/mol. The number of aliphatic carboxylic acids is 1. The molecule has 4 saturated carbocycles. The van der Waals surface area contributed by atoms with Crippen LogP contribution < -0.4 is 9.47 Å². The maximum atomic E-state index is 12.9. The van der Waals surface area contributed by atoms with Crippen molar-refractivity contribution in [3.05, 3.63) is 23.3 Å². The van der Waals surface area contributed by atoms with Gasteiger partial charge in [-0.3, -0.25) is 14.5 Å². The Bertz CT molecular complexity index is 1390. The number of esters is 1. The number of likely N-dealkylation sites (tertiary alicyclic amines) is 1. The van der Waals surface area contributed by atoms with Crippen molar-refractivity contribution in [2.45, 2.75) is 121 Å². The molecule has 1 aromatic rings. The quantitative estimate of drug-likeness (QED) is 0.313. The van der Waals surface area contributed by atoms with Crippen molar-refractivity contribution >= 4 is 11.9 Å². The van der Waals surface area contributed by atoms with Gasteiger partial charge in [-0.05, 0) is 87.7 Å². The van der Waals surface area contributed by atoms with Crippen molar-refractivity contribution in [2.75, 3.05) is 20.2 Å². The van der Waals surface area contributed by atoms with Crippen LogP contribution in [0.4, 0.5) is 0 Å². The first-order chi connectivity index (χ1) is 20.7. The Hall–Kier alpha value is -2.16. The summed E-state index contributed by atoms with van der Waals surface area (Å²) in [5, 5.41) is 21.4. The van der Waals surface area contributed by atoms with Crippen molar-refractivity contribution in [1.29, 1.82) is 0 Å². The van der Waals surface area contributed by atoms with Crippen LogP contribution in [0.1, 0.15) is 99.3 Å². The van der Waals surface area contributed by atoms with Crippen LogP contribution in [0.5, 0.6) is 11.5 Å². The molecule has 8 rings (SSSR count). The van der Waals surface area contributed by atoms with E-state index in [1.54, 1.807) is 13.2 Å². The van der Waals surface area contributed by atoms with Gasteiger partial charge in [0.25, 0.3) is 0 Å². The predicted molar refractivity (Wildman–Crippen MR) is 156 cm³/mol. The van der Waals surface area contributed by atoms with E-state index < -0.39 is 58.4 Å². The fraction of sp³-hybridized carbons (Fsp3) is 0.765. The molecule has 2 aliphatic heterocycles. The lowest BCUT2D eigenvalue weighted by Crippen LogP contribution is -2.83. The summed E-state index contributed by atoms with van der Waals surface area (Å²) in [6, 6.07) is 3.80. The molecule has 0 aromatic heterocycles. The molecular formula is C34H47NO7. The number of piperidine rings is 1. The number of hydrogen-bond acceptors (Lipinski definition) is 7. The number of carboxylic acids is 1. The SMILES string of the molecule is [3H]C1C([3H])[C@]23c4c5ccc(OC(=O)CCCC(=O)O)c4OC2C2(OC)CC[C@@]3(C[C@@H]2[C@](C)(O)C(C)(C)C)[C@@H](C5)N1CC1CC1. The van der Waals surface area contributed by atoms with Crippen molar-refractivity contribution in [3.8, 4) is 11.5 Å². The van der Waals surface area contributed by atoms with E-state index in [0.29, 0.717) is 30.9 Å². The number of ether oxygens (including phenoxy) is 3. The first-order valence-corrected chi connectivity index (χ1v) is 15.8. The molecule has 7 aliphatic rings. The van der Waals surface area contributed by atoms with Crippen LogP contribution in [0, 0.1) is 22.7 Å². The number of aliphatic hydroxyl groups is 1. The van der Waals surface area contributed by atoms with Gasteiger partial charge < -0.3 is 24.4 Å².